The van der Waals surface area contributed by atoms with Crippen LogP contribution in [0.1, 0.15) is 28.6 Å². The van der Waals surface area contributed by atoms with Gasteiger partial charge in [0.2, 0.25) is 0 Å². The molecule has 0 aromatic carbocycles. The van der Waals surface area contributed by atoms with E-state index >= 15 is 0 Å². The first-order chi connectivity index (χ1) is 21.4. The van der Waals surface area contributed by atoms with Crippen molar-refractivity contribution >= 4 is 40.0 Å². The van der Waals surface area contributed by atoms with Gasteiger partial charge in [-0.25, -0.2) is 19.5 Å². The molecule has 44 heavy (non-hydrogen) atoms. The molecular formula is C24H18N20. The largest absolute Gasteiger partial charge is 0.258 e. The number of fused-ring (bicyclic) bond motifs is 2. The maximum Gasteiger partial charge on any atom is 0.252 e. The van der Waals surface area contributed by atoms with Crippen LogP contribution in [0.4, 0.5) is 28.7 Å². The number of aromatic nitrogens is 14. The fourth-order valence-corrected chi connectivity index (χ4v) is 4.43. The molecule has 7 aromatic heterocycles. The first kappa shape index (κ1) is 26.0. The second kappa shape index (κ2) is 9.85. The van der Waals surface area contributed by atoms with E-state index in [4.69, 9.17) is 6.57 Å². The van der Waals surface area contributed by atoms with Gasteiger partial charge in [-0.1, -0.05) is 0 Å². The third kappa shape index (κ3) is 3.98. The molecule has 0 spiro atoms. The molecule has 0 aliphatic rings. The molecule has 7 rings (SSSR count). The van der Waals surface area contributed by atoms with Gasteiger partial charge in [0.15, 0.2) is 45.9 Å². The zero-order chi connectivity index (χ0) is 30.5. The number of aryl methyl sites for hydroxylation is 4. The van der Waals surface area contributed by atoms with E-state index in [9.17, 15) is 5.26 Å². The van der Waals surface area contributed by atoms with Crippen molar-refractivity contribution in [1.82, 2.24) is 69.2 Å². The van der Waals surface area contributed by atoms with Gasteiger partial charge in [0.25, 0.3) is 5.69 Å². The number of hydrogen-bond donors (Lipinski definition) is 2. The predicted octanol–water partition coefficient (Wildman–Crippen LogP) is 4.08. The summed E-state index contributed by atoms with van der Waals surface area (Å²) in [5.41, 5.74) is 3.59. The second-order valence-corrected chi connectivity index (χ2v) is 9.35. The van der Waals surface area contributed by atoms with Crippen molar-refractivity contribution in [2.75, 3.05) is 0 Å². The molecular weight excluding hydrogens is 568 g/mol. The molecule has 0 amide bonds. The van der Waals surface area contributed by atoms with Gasteiger partial charge >= 0.3 is 0 Å². The third-order valence-electron chi connectivity index (χ3n) is 6.59. The summed E-state index contributed by atoms with van der Waals surface area (Å²) < 4.78 is 5.93. The van der Waals surface area contributed by atoms with Crippen LogP contribution in [0, 0.1) is 45.6 Å². The van der Waals surface area contributed by atoms with E-state index in [2.05, 4.69) is 82.1 Å². The molecule has 20 nitrogen and oxygen atoms in total. The molecule has 0 unspecified atom stereocenters. The Morgan fingerprint density at radius 2 is 1.34 bits per heavy atom. The molecule has 0 saturated carbocycles. The molecule has 0 radical (unpaired) electrons. The fraction of sp³-hybridized carbons (Fsp3) is 0.167. The van der Waals surface area contributed by atoms with Crippen LogP contribution < -0.4 is 0 Å². The molecule has 20 heteroatoms. The van der Waals surface area contributed by atoms with Crippen molar-refractivity contribution in [2.24, 2.45) is 20.5 Å². The van der Waals surface area contributed by atoms with E-state index in [0.29, 0.717) is 45.7 Å². The van der Waals surface area contributed by atoms with Crippen molar-refractivity contribution in [3.8, 4) is 17.7 Å². The molecule has 0 aliphatic carbocycles. The van der Waals surface area contributed by atoms with E-state index < -0.39 is 0 Å². The summed E-state index contributed by atoms with van der Waals surface area (Å²) in [6.45, 7) is 14.8. The van der Waals surface area contributed by atoms with Gasteiger partial charge in [-0.3, -0.25) is 10.2 Å². The summed E-state index contributed by atoms with van der Waals surface area (Å²) in [7, 11) is 0. The van der Waals surface area contributed by atoms with Gasteiger partial charge in [-0.2, -0.15) is 49.6 Å². The topological polar surface area (TPSA) is 231 Å². The third-order valence-corrected chi connectivity index (χ3v) is 6.59. The van der Waals surface area contributed by atoms with Gasteiger partial charge in [0, 0.05) is 6.07 Å². The van der Waals surface area contributed by atoms with Crippen LogP contribution in [-0.4, -0.2) is 69.2 Å². The minimum Gasteiger partial charge on any atom is -0.258 e. The first-order valence-electron chi connectivity index (χ1n) is 12.8. The van der Waals surface area contributed by atoms with Crippen LogP contribution in [0.3, 0.4) is 0 Å². The van der Waals surface area contributed by atoms with Crippen molar-refractivity contribution in [1.29, 1.82) is 5.26 Å². The highest BCUT2D eigenvalue weighted by Gasteiger charge is 2.20. The number of hydrogen-bond acceptors (Lipinski definition) is 13. The van der Waals surface area contributed by atoms with Gasteiger partial charge in [0.1, 0.15) is 29.6 Å². The van der Waals surface area contributed by atoms with E-state index in [1.807, 2.05) is 0 Å². The Balaban J connectivity index is 1.28. The second-order valence-electron chi connectivity index (χ2n) is 9.35. The maximum absolute atomic E-state index is 9.74. The standard InChI is InChI=1S/C24H18N20/c1-11-19(23-37-31-13(3)41(23)39-11)33-35-21-15(7-25)8-29-43(21)17-6-18(28-10-27-17)44-22(16(26-5)9-30-44)36-34-20-12(2)40-42-14(4)32-38-24(20)42/h6,8-10,37-38H,1-4H3. The van der Waals surface area contributed by atoms with Crippen molar-refractivity contribution < 1.29 is 0 Å². The highest BCUT2D eigenvalue weighted by atomic mass is 15.4. The Bertz CT molecular complexity index is 2200. The molecule has 0 aliphatic heterocycles. The molecule has 0 atom stereocenters. The summed E-state index contributed by atoms with van der Waals surface area (Å²) >= 11 is 0. The summed E-state index contributed by atoms with van der Waals surface area (Å²) in [6.07, 6.45) is 4.00. The normalized spacial score (nSPS) is 11.9. The lowest BCUT2D eigenvalue weighted by molar-refractivity contribution is 0.798. The van der Waals surface area contributed by atoms with Crippen LogP contribution in [0.2, 0.25) is 0 Å². The average molecular weight is 587 g/mol. The molecule has 0 bridgehead atoms. The maximum atomic E-state index is 9.74. The number of nitrogens with zero attached hydrogens (tertiary/aromatic N) is 18. The van der Waals surface area contributed by atoms with Crippen LogP contribution in [0.15, 0.2) is 45.2 Å². The average Bonchev–Trinajstić information content (AvgIpc) is 3.87. The van der Waals surface area contributed by atoms with E-state index in [1.165, 1.54) is 28.1 Å². The van der Waals surface area contributed by atoms with E-state index in [1.54, 1.807) is 42.8 Å². The van der Waals surface area contributed by atoms with Crippen molar-refractivity contribution in [3.05, 3.63) is 64.8 Å². The predicted molar refractivity (Wildman–Crippen MR) is 149 cm³/mol. The van der Waals surface area contributed by atoms with Crippen LogP contribution in [0.5, 0.6) is 0 Å². The Hall–Kier alpha value is -6.96. The minimum atomic E-state index is 0.130. The van der Waals surface area contributed by atoms with E-state index in [0.717, 1.165) is 0 Å². The first-order valence-corrected chi connectivity index (χ1v) is 12.8. The fourth-order valence-electron chi connectivity index (χ4n) is 4.43. The van der Waals surface area contributed by atoms with Crippen LogP contribution in [0.25, 0.3) is 27.8 Å². The van der Waals surface area contributed by atoms with Gasteiger partial charge < -0.3 is 0 Å². The van der Waals surface area contributed by atoms with Crippen molar-refractivity contribution in [3.63, 3.8) is 0 Å². The zero-order valence-electron chi connectivity index (χ0n) is 23.4. The quantitative estimate of drug-likeness (QED) is 0.211. The van der Waals surface area contributed by atoms with Crippen LogP contribution >= 0.6 is 0 Å². The van der Waals surface area contributed by atoms with E-state index in [-0.39, 0.29) is 34.5 Å². The lowest BCUT2D eigenvalue weighted by Gasteiger charge is -2.06. The highest BCUT2D eigenvalue weighted by Crippen LogP contribution is 2.34. The van der Waals surface area contributed by atoms with Gasteiger partial charge in [-0.05, 0) is 27.7 Å². The van der Waals surface area contributed by atoms with Gasteiger partial charge in [-0.15, -0.1) is 20.5 Å². The molecule has 7 aromatic rings. The number of nitriles is 1. The minimum absolute atomic E-state index is 0.130. The monoisotopic (exact) mass is 586 g/mol. The Morgan fingerprint density at radius 1 is 0.795 bits per heavy atom. The highest BCUT2D eigenvalue weighted by molar-refractivity contribution is 5.68. The number of rotatable bonds is 6. The SMILES string of the molecule is [C-]#[N+]c1cnn(-c2cc(-n3ncc(C#N)c3N=Nc3c(C)nn4c(C)n[nH]c34)ncn2)c1N=Nc1c(C)nn2c(C)n[nH]c12. The smallest absolute Gasteiger partial charge is 0.252 e. The molecule has 7 heterocycles. The number of nitrogens with one attached hydrogen (secondary N) is 2. The Labute approximate surface area is 245 Å². The summed E-state index contributed by atoms with van der Waals surface area (Å²) in [4.78, 5) is 12.2. The summed E-state index contributed by atoms with van der Waals surface area (Å²) in [5.74, 6) is 2.09. The lowest BCUT2D eigenvalue weighted by Crippen LogP contribution is -2.05. The zero-order valence-corrected chi connectivity index (χ0v) is 23.4. The number of azo groups is 2. The van der Waals surface area contributed by atoms with Gasteiger partial charge in [0.05, 0.1) is 30.4 Å². The Kier molecular flexibility index (Phi) is 5.81. The molecule has 0 fully saturated rings. The summed E-state index contributed by atoms with van der Waals surface area (Å²) in [5, 5.41) is 58.6. The molecule has 214 valence electrons. The summed E-state index contributed by atoms with van der Waals surface area (Å²) in [6, 6.07) is 3.63. The van der Waals surface area contributed by atoms with Crippen molar-refractivity contribution in [2.45, 2.75) is 27.7 Å². The van der Waals surface area contributed by atoms with Crippen LogP contribution in [-0.2, 0) is 0 Å². The Morgan fingerprint density at radius 3 is 1.91 bits per heavy atom. The number of H-pyrrole nitrogens is 2. The molecule has 0 saturated heterocycles. The molecule has 2 N–H and O–H groups in total. The number of aromatic amines is 2. The lowest BCUT2D eigenvalue weighted by atomic mass is 10.3.